The van der Waals surface area contributed by atoms with Crippen molar-refractivity contribution in [2.75, 3.05) is 24.4 Å². The van der Waals surface area contributed by atoms with Crippen LogP contribution in [0.3, 0.4) is 0 Å². The molecule has 0 saturated heterocycles. The summed E-state index contributed by atoms with van der Waals surface area (Å²) in [6.45, 7) is 4.25. The second kappa shape index (κ2) is 10.7. The van der Waals surface area contributed by atoms with Crippen molar-refractivity contribution < 1.29 is 9.53 Å². The molecule has 1 heterocycles. The third kappa shape index (κ3) is 5.01. The highest BCUT2D eigenvalue weighted by molar-refractivity contribution is 7.80. The Morgan fingerprint density at radius 1 is 1.03 bits per heavy atom. The second-order valence-corrected chi connectivity index (χ2v) is 9.83. The number of methoxy groups -OCH3 is 1. The molecule has 1 atom stereocenters. The number of rotatable bonds is 4. The van der Waals surface area contributed by atoms with Gasteiger partial charge in [0.05, 0.1) is 12.8 Å². The number of halogens is 1. The van der Waals surface area contributed by atoms with Crippen LogP contribution < -0.4 is 20.3 Å². The summed E-state index contributed by atoms with van der Waals surface area (Å²) in [6.07, 6.45) is 1.93. The van der Waals surface area contributed by atoms with E-state index in [1.165, 1.54) is 0 Å². The molecule has 38 heavy (non-hydrogen) atoms. The molecular formula is C31H26ClN3O2S. The number of hydrogen-bond acceptors (Lipinski definition) is 3. The van der Waals surface area contributed by atoms with Crippen molar-refractivity contribution in [1.29, 1.82) is 0 Å². The molecule has 4 aromatic rings. The first-order valence-corrected chi connectivity index (χ1v) is 12.8. The Kier molecular flexibility index (Phi) is 7.18. The number of amides is 1. The van der Waals surface area contributed by atoms with Gasteiger partial charge in [-0.05, 0) is 64.7 Å². The predicted octanol–water partition coefficient (Wildman–Crippen LogP) is 6.82. The van der Waals surface area contributed by atoms with E-state index in [1.807, 2.05) is 84.9 Å². The fourth-order valence-corrected chi connectivity index (χ4v) is 5.07. The van der Waals surface area contributed by atoms with E-state index in [-0.39, 0.29) is 5.91 Å². The van der Waals surface area contributed by atoms with Crippen LogP contribution in [-0.2, 0) is 4.79 Å². The van der Waals surface area contributed by atoms with Gasteiger partial charge in [0.2, 0.25) is 0 Å². The molecule has 7 heteroatoms. The highest BCUT2D eigenvalue weighted by atomic mass is 35.5. The summed E-state index contributed by atoms with van der Waals surface area (Å²) in [5.74, 6) is 0.535. The van der Waals surface area contributed by atoms with Crippen LogP contribution in [0, 0.1) is 0 Å². The maximum atomic E-state index is 13.7. The molecule has 5 rings (SSSR count). The van der Waals surface area contributed by atoms with Gasteiger partial charge in [-0.25, -0.2) is 0 Å². The number of hydrogen-bond donors (Lipinski definition) is 2. The molecule has 1 aliphatic heterocycles. The standard InChI is InChI=1S/C31H26ClN3O2S/c1-19-15-25(20-9-5-4-6-10-20)26-17-22(32)13-14-27(26)35(2)30(36)29(19)34-31(38)33-23-16-21-11-7-8-12-24(21)28(18-23)37-3/h4-18,29H,1H2,2-3H3,(H2,33,34,38)/b25-15-. The maximum Gasteiger partial charge on any atom is 0.253 e. The number of benzene rings is 4. The molecule has 0 saturated carbocycles. The van der Waals surface area contributed by atoms with Crippen molar-refractivity contribution in [2.24, 2.45) is 0 Å². The van der Waals surface area contributed by atoms with E-state index >= 15 is 0 Å². The van der Waals surface area contributed by atoms with Gasteiger partial charge in [-0.3, -0.25) is 4.79 Å². The average Bonchev–Trinajstić information content (AvgIpc) is 2.93. The summed E-state index contributed by atoms with van der Waals surface area (Å²) in [6, 6.07) is 26.5. The highest BCUT2D eigenvalue weighted by Gasteiger charge is 2.30. The molecule has 1 unspecified atom stereocenters. The summed E-state index contributed by atoms with van der Waals surface area (Å²) in [7, 11) is 3.38. The van der Waals surface area contributed by atoms with E-state index < -0.39 is 6.04 Å². The molecule has 2 N–H and O–H groups in total. The van der Waals surface area contributed by atoms with Gasteiger partial charge in [0, 0.05) is 34.8 Å². The first-order chi connectivity index (χ1) is 18.4. The lowest BCUT2D eigenvalue weighted by Crippen LogP contribution is -2.50. The monoisotopic (exact) mass is 539 g/mol. The molecule has 0 bridgehead atoms. The minimum Gasteiger partial charge on any atom is -0.496 e. The average molecular weight is 540 g/mol. The van der Waals surface area contributed by atoms with Gasteiger partial charge in [0.25, 0.3) is 5.91 Å². The summed E-state index contributed by atoms with van der Waals surface area (Å²) < 4.78 is 5.58. The number of carbonyl (C=O) groups is 1. The molecule has 0 aliphatic carbocycles. The number of thiocarbonyl (C=S) groups is 1. The highest BCUT2D eigenvalue weighted by Crippen LogP contribution is 2.37. The quantitative estimate of drug-likeness (QED) is 0.279. The summed E-state index contributed by atoms with van der Waals surface area (Å²) in [5.41, 5.74) is 4.82. The molecular weight excluding hydrogens is 514 g/mol. The Hall–Kier alpha value is -4.13. The van der Waals surface area contributed by atoms with Crippen molar-refractivity contribution in [3.8, 4) is 5.75 Å². The third-order valence-electron chi connectivity index (χ3n) is 6.55. The summed E-state index contributed by atoms with van der Waals surface area (Å²) in [5, 5.41) is 9.28. The van der Waals surface area contributed by atoms with E-state index in [2.05, 4.69) is 17.2 Å². The Morgan fingerprint density at radius 3 is 2.53 bits per heavy atom. The van der Waals surface area contributed by atoms with Crippen molar-refractivity contribution in [1.82, 2.24) is 5.32 Å². The smallest absolute Gasteiger partial charge is 0.253 e. The summed E-state index contributed by atoms with van der Waals surface area (Å²) >= 11 is 12.0. The van der Waals surface area contributed by atoms with Crippen LogP contribution in [0.2, 0.25) is 5.02 Å². The third-order valence-corrected chi connectivity index (χ3v) is 7.01. The van der Waals surface area contributed by atoms with E-state index in [4.69, 9.17) is 28.6 Å². The van der Waals surface area contributed by atoms with Gasteiger partial charge < -0.3 is 20.3 Å². The van der Waals surface area contributed by atoms with E-state index in [9.17, 15) is 4.79 Å². The van der Waals surface area contributed by atoms with Gasteiger partial charge in [0.1, 0.15) is 11.8 Å². The Balaban J connectivity index is 1.49. The molecule has 5 nitrogen and oxygen atoms in total. The zero-order chi connectivity index (χ0) is 26.8. The van der Waals surface area contributed by atoms with Crippen LogP contribution in [0.25, 0.3) is 16.3 Å². The van der Waals surface area contributed by atoms with Crippen LogP contribution in [0.1, 0.15) is 11.1 Å². The zero-order valence-corrected chi connectivity index (χ0v) is 22.6. The topological polar surface area (TPSA) is 53.6 Å². The fourth-order valence-electron chi connectivity index (χ4n) is 4.66. The van der Waals surface area contributed by atoms with Gasteiger partial charge in [0.15, 0.2) is 5.11 Å². The zero-order valence-electron chi connectivity index (χ0n) is 21.0. The first-order valence-electron chi connectivity index (χ1n) is 12.0. The Labute approximate surface area is 232 Å². The van der Waals surface area contributed by atoms with E-state index in [0.29, 0.717) is 15.7 Å². The largest absolute Gasteiger partial charge is 0.496 e. The molecule has 1 aliphatic rings. The minimum atomic E-state index is -0.787. The van der Waals surface area contributed by atoms with Gasteiger partial charge in [-0.2, -0.15) is 0 Å². The number of carbonyl (C=O) groups excluding carboxylic acids is 1. The second-order valence-electron chi connectivity index (χ2n) is 8.99. The molecule has 190 valence electrons. The molecule has 0 radical (unpaired) electrons. The Morgan fingerprint density at radius 2 is 1.76 bits per heavy atom. The van der Waals surface area contributed by atoms with Gasteiger partial charge >= 0.3 is 0 Å². The van der Waals surface area contributed by atoms with Crippen LogP contribution in [0.4, 0.5) is 11.4 Å². The molecule has 4 aromatic carbocycles. The molecule has 0 spiro atoms. The van der Waals surface area contributed by atoms with Crippen molar-refractivity contribution in [3.63, 3.8) is 0 Å². The number of fused-ring (bicyclic) bond motifs is 2. The van der Waals surface area contributed by atoms with Crippen LogP contribution >= 0.6 is 23.8 Å². The number of anilines is 2. The molecule has 0 aromatic heterocycles. The normalized spacial score (nSPS) is 16.7. The van der Waals surface area contributed by atoms with E-state index in [1.54, 1.807) is 25.1 Å². The predicted molar refractivity (Wildman–Crippen MR) is 161 cm³/mol. The molecule has 0 fully saturated rings. The lowest BCUT2D eigenvalue weighted by molar-refractivity contribution is -0.119. The number of ether oxygens (including phenoxy) is 1. The van der Waals surface area contributed by atoms with Crippen LogP contribution in [-0.4, -0.2) is 31.2 Å². The number of likely N-dealkylation sites (N-methyl/N-ethyl adjacent to an activating group) is 1. The first kappa shape index (κ1) is 25.5. The minimum absolute atomic E-state index is 0.192. The van der Waals surface area contributed by atoms with Gasteiger partial charge in [-0.1, -0.05) is 72.8 Å². The van der Waals surface area contributed by atoms with Crippen molar-refractivity contribution in [3.05, 3.63) is 119 Å². The lowest BCUT2D eigenvalue weighted by atomic mass is 9.90. The number of nitrogens with one attached hydrogen (secondary N) is 2. The SMILES string of the molecule is C=C1/C=C(/c2ccccc2)c2cc(Cl)ccc2N(C)C(=O)C1NC(=S)Nc1cc(OC)c2ccccc2c1. The lowest BCUT2D eigenvalue weighted by Gasteiger charge is -2.31. The van der Waals surface area contributed by atoms with Gasteiger partial charge in [-0.15, -0.1) is 0 Å². The molecule has 1 amide bonds. The van der Waals surface area contributed by atoms with Crippen molar-refractivity contribution >= 4 is 62.6 Å². The van der Waals surface area contributed by atoms with Crippen LogP contribution in [0.15, 0.2) is 103 Å². The fraction of sp³-hybridized carbons (Fsp3) is 0.0968. The van der Waals surface area contributed by atoms with Crippen LogP contribution in [0.5, 0.6) is 5.75 Å². The van der Waals surface area contributed by atoms with Crippen molar-refractivity contribution in [2.45, 2.75) is 6.04 Å². The summed E-state index contributed by atoms with van der Waals surface area (Å²) in [4.78, 5) is 15.3. The number of nitrogens with zero attached hydrogens (tertiary/aromatic N) is 1. The Bertz CT molecular complexity index is 1600. The maximum absolute atomic E-state index is 13.7. The van der Waals surface area contributed by atoms with E-state index in [0.717, 1.165) is 44.6 Å².